The van der Waals surface area contributed by atoms with Crippen LogP contribution in [-0.2, 0) is 21.4 Å². The van der Waals surface area contributed by atoms with E-state index in [4.69, 9.17) is 0 Å². The monoisotopic (exact) mass is 443 g/mol. The minimum Gasteiger partial charge on any atom is -0.326 e. The minimum absolute atomic E-state index is 0.0483. The third-order valence-corrected chi connectivity index (χ3v) is 7.27. The lowest BCUT2D eigenvalue weighted by molar-refractivity contribution is -0.116. The van der Waals surface area contributed by atoms with Crippen LogP contribution in [0.2, 0.25) is 0 Å². The molecule has 1 atom stereocenters. The number of nitrogens with one attached hydrogen (secondary N) is 2. The standard InChI is InChI=1S/C24H33N3O3S/c1-18-6-11-23(20(3)15-18)31(29,30)25-13-12-24(28)26-22-9-7-21(8-10-22)17-27-14-4-5-19(2)16-27/h6-11,15,19,25H,4-5,12-14,16-17H2,1-3H3,(H,26,28). The van der Waals surface area contributed by atoms with Crippen LogP contribution in [0.3, 0.4) is 0 Å². The first-order valence-electron chi connectivity index (χ1n) is 10.9. The van der Waals surface area contributed by atoms with Gasteiger partial charge in [-0.15, -0.1) is 0 Å². The number of rotatable bonds is 8. The van der Waals surface area contributed by atoms with Crippen LogP contribution in [0.25, 0.3) is 0 Å². The summed E-state index contributed by atoms with van der Waals surface area (Å²) in [4.78, 5) is 15.0. The van der Waals surface area contributed by atoms with E-state index >= 15 is 0 Å². The first kappa shape index (κ1) is 23.4. The summed E-state index contributed by atoms with van der Waals surface area (Å²) in [6.45, 7) is 9.24. The average Bonchev–Trinajstić information content (AvgIpc) is 2.69. The van der Waals surface area contributed by atoms with Gasteiger partial charge in [0, 0.05) is 31.7 Å². The Morgan fingerprint density at radius 2 is 1.87 bits per heavy atom. The van der Waals surface area contributed by atoms with Gasteiger partial charge in [0.05, 0.1) is 4.90 Å². The lowest BCUT2D eigenvalue weighted by Crippen LogP contribution is -2.33. The molecule has 1 heterocycles. The van der Waals surface area contributed by atoms with Crippen LogP contribution < -0.4 is 10.0 Å². The number of sulfonamides is 1. The Labute approximate surface area is 186 Å². The summed E-state index contributed by atoms with van der Waals surface area (Å²) in [5.41, 5.74) is 3.65. The van der Waals surface area contributed by atoms with Gasteiger partial charge in [-0.3, -0.25) is 9.69 Å². The Bertz CT molecular complexity index is 1000. The van der Waals surface area contributed by atoms with Crippen molar-refractivity contribution in [1.82, 2.24) is 9.62 Å². The molecule has 0 spiro atoms. The quantitative estimate of drug-likeness (QED) is 0.650. The van der Waals surface area contributed by atoms with Crippen molar-refractivity contribution in [2.75, 3.05) is 25.0 Å². The highest BCUT2D eigenvalue weighted by atomic mass is 32.2. The molecule has 7 heteroatoms. The van der Waals surface area contributed by atoms with Crippen LogP contribution in [0, 0.1) is 19.8 Å². The molecule has 1 fully saturated rings. The zero-order chi connectivity index (χ0) is 22.4. The Morgan fingerprint density at radius 3 is 2.55 bits per heavy atom. The van der Waals surface area contributed by atoms with E-state index in [9.17, 15) is 13.2 Å². The molecule has 6 nitrogen and oxygen atoms in total. The number of benzene rings is 2. The molecule has 1 amide bonds. The van der Waals surface area contributed by atoms with Gasteiger partial charge in [0.15, 0.2) is 0 Å². The van der Waals surface area contributed by atoms with Crippen molar-refractivity contribution in [2.24, 2.45) is 5.92 Å². The van der Waals surface area contributed by atoms with Crippen molar-refractivity contribution in [3.8, 4) is 0 Å². The normalized spacial score (nSPS) is 17.5. The molecule has 1 unspecified atom stereocenters. The van der Waals surface area contributed by atoms with Gasteiger partial charge in [-0.05, 0) is 68.5 Å². The van der Waals surface area contributed by atoms with E-state index in [1.165, 1.54) is 18.4 Å². The molecule has 1 aliphatic rings. The summed E-state index contributed by atoms with van der Waals surface area (Å²) in [6, 6.07) is 13.1. The van der Waals surface area contributed by atoms with Crippen molar-refractivity contribution in [2.45, 2.75) is 51.5 Å². The summed E-state index contributed by atoms with van der Waals surface area (Å²) in [7, 11) is -3.63. The molecule has 0 bridgehead atoms. The van der Waals surface area contributed by atoms with E-state index < -0.39 is 10.0 Å². The summed E-state index contributed by atoms with van der Waals surface area (Å²) in [5.74, 6) is 0.528. The number of aryl methyl sites for hydroxylation is 2. The van der Waals surface area contributed by atoms with E-state index in [2.05, 4.69) is 21.9 Å². The molecule has 1 saturated heterocycles. The third-order valence-electron chi connectivity index (χ3n) is 5.65. The largest absolute Gasteiger partial charge is 0.326 e. The van der Waals surface area contributed by atoms with Gasteiger partial charge < -0.3 is 5.32 Å². The molecule has 2 aromatic carbocycles. The molecule has 3 rings (SSSR count). The number of nitrogens with zero attached hydrogens (tertiary/aromatic N) is 1. The van der Waals surface area contributed by atoms with Crippen LogP contribution in [0.15, 0.2) is 47.4 Å². The topological polar surface area (TPSA) is 78.5 Å². The SMILES string of the molecule is Cc1ccc(S(=O)(=O)NCCC(=O)Nc2ccc(CN3CCCC(C)C3)cc2)c(C)c1. The fourth-order valence-corrected chi connectivity index (χ4v) is 5.34. The van der Waals surface area contributed by atoms with E-state index in [1.807, 2.05) is 37.3 Å². The molecule has 0 radical (unpaired) electrons. The first-order valence-corrected chi connectivity index (χ1v) is 12.4. The number of amides is 1. The highest BCUT2D eigenvalue weighted by Gasteiger charge is 2.17. The maximum absolute atomic E-state index is 12.5. The number of likely N-dealkylation sites (tertiary alicyclic amines) is 1. The number of hydrogen-bond donors (Lipinski definition) is 2. The molecule has 168 valence electrons. The molecule has 2 aromatic rings. The van der Waals surface area contributed by atoms with Crippen molar-refractivity contribution in [3.05, 3.63) is 59.2 Å². The maximum atomic E-state index is 12.5. The third kappa shape index (κ3) is 6.89. The molecule has 0 aromatic heterocycles. The predicted molar refractivity (Wildman–Crippen MR) is 124 cm³/mol. The van der Waals surface area contributed by atoms with Crippen LogP contribution in [0.5, 0.6) is 0 Å². The number of piperidine rings is 1. The van der Waals surface area contributed by atoms with E-state index in [-0.39, 0.29) is 23.8 Å². The average molecular weight is 444 g/mol. The molecule has 0 aliphatic carbocycles. The van der Waals surface area contributed by atoms with Gasteiger partial charge in [-0.25, -0.2) is 13.1 Å². The molecular formula is C24H33N3O3S. The zero-order valence-electron chi connectivity index (χ0n) is 18.6. The lowest BCUT2D eigenvalue weighted by Gasteiger charge is -2.30. The first-order chi connectivity index (χ1) is 14.7. The number of anilines is 1. The second-order valence-electron chi connectivity index (χ2n) is 8.64. The summed E-state index contributed by atoms with van der Waals surface area (Å²) in [5, 5.41) is 2.84. The molecule has 31 heavy (non-hydrogen) atoms. The number of carbonyl (C=O) groups excluding carboxylic acids is 1. The molecule has 2 N–H and O–H groups in total. The van der Waals surface area contributed by atoms with E-state index in [1.54, 1.807) is 19.1 Å². The minimum atomic E-state index is -3.63. The molecular weight excluding hydrogens is 410 g/mol. The van der Waals surface area contributed by atoms with Crippen LogP contribution >= 0.6 is 0 Å². The molecule has 1 aliphatic heterocycles. The van der Waals surface area contributed by atoms with Gasteiger partial charge in [0.2, 0.25) is 15.9 Å². The summed E-state index contributed by atoms with van der Waals surface area (Å²) < 4.78 is 27.5. The van der Waals surface area contributed by atoms with Crippen LogP contribution in [0.1, 0.15) is 42.9 Å². The number of hydrogen-bond acceptors (Lipinski definition) is 4. The lowest BCUT2D eigenvalue weighted by atomic mass is 10.00. The van der Waals surface area contributed by atoms with Gasteiger partial charge in [-0.1, -0.05) is 36.8 Å². The second kappa shape index (κ2) is 10.4. The Kier molecular flexibility index (Phi) is 7.86. The molecule has 0 saturated carbocycles. The second-order valence-corrected chi connectivity index (χ2v) is 10.4. The van der Waals surface area contributed by atoms with Gasteiger partial charge in [0.1, 0.15) is 0 Å². The number of carbonyl (C=O) groups is 1. The highest BCUT2D eigenvalue weighted by Crippen LogP contribution is 2.19. The van der Waals surface area contributed by atoms with Gasteiger partial charge in [-0.2, -0.15) is 0 Å². The summed E-state index contributed by atoms with van der Waals surface area (Å²) >= 11 is 0. The fourth-order valence-electron chi connectivity index (χ4n) is 4.08. The highest BCUT2D eigenvalue weighted by molar-refractivity contribution is 7.89. The predicted octanol–water partition coefficient (Wildman–Crippen LogP) is 3.84. The Hall–Kier alpha value is -2.22. The van der Waals surface area contributed by atoms with Crippen LogP contribution in [0.4, 0.5) is 5.69 Å². The fraction of sp³-hybridized carbons (Fsp3) is 0.458. The van der Waals surface area contributed by atoms with Crippen molar-refractivity contribution in [1.29, 1.82) is 0 Å². The Balaban J connectivity index is 1.46. The maximum Gasteiger partial charge on any atom is 0.240 e. The van der Waals surface area contributed by atoms with Crippen LogP contribution in [-0.4, -0.2) is 38.9 Å². The van der Waals surface area contributed by atoms with E-state index in [0.29, 0.717) is 5.56 Å². The van der Waals surface area contributed by atoms with Crippen molar-refractivity contribution >= 4 is 21.6 Å². The Morgan fingerprint density at radius 1 is 1.13 bits per heavy atom. The van der Waals surface area contributed by atoms with Crippen molar-refractivity contribution in [3.63, 3.8) is 0 Å². The van der Waals surface area contributed by atoms with Crippen molar-refractivity contribution < 1.29 is 13.2 Å². The van der Waals surface area contributed by atoms with Gasteiger partial charge >= 0.3 is 0 Å². The van der Waals surface area contributed by atoms with Gasteiger partial charge in [0.25, 0.3) is 0 Å². The summed E-state index contributed by atoms with van der Waals surface area (Å²) in [6.07, 6.45) is 2.63. The smallest absolute Gasteiger partial charge is 0.240 e. The van der Waals surface area contributed by atoms with E-state index in [0.717, 1.165) is 36.8 Å². The zero-order valence-corrected chi connectivity index (χ0v) is 19.5.